The average molecular weight is 386 g/mol. The molecule has 27 heavy (non-hydrogen) atoms. The number of nitrogens with one attached hydrogen (secondary N) is 1. The van der Waals surface area contributed by atoms with Crippen molar-refractivity contribution in [2.24, 2.45) is 0 Å². The van der Waals surface area contributed by atoms with Crippen molar-refractivity contribution in [2.45, 2.75) is 49.3 Å². The van der Waals surface area contributed by atoms with E-state index in [1.54, 1.807) is 7.11 Å². The SMILES string of the molecule is COc1nc2c(cc1NSc1cnc(C3CCCC3)nc1)CCN(C)CC2. The first-order valence-corrected chi connectivity index (χ1v) is 10.5. The van der Waals surface area contributed by atoms with Crippen LogP contribution in [0.5, 0.6) is 5.88 Å². The molecule has 1 N–H and O–H groups in total. The van der Waals surface area contributed by atoms with Crippen molar-refractivity contribution in [2.75, 3.05) is 32.0 Å². The largest absolute Gasteiger partial charge is 0.479 e. The van der Waals surface area contributed by atoms with Crippen molar-refractivity contribution in [1.82, 2.24) is 19.9 Å². The maximum absolute atomic E-state index is 5.52. The summed E-state index contributed by atoms with van der Waals surface area (Å²) in [7, 11) is 3.83. The number of likely N-dealkylation sites (N-methyl/N-ethyl adjacent to an activating group) is 1. The Morgan fingerprint density at radius 1 is 1.15 bits per heavy atom. The Labute approximate surface area is 165 Å². The van der Waals surface area contributed by atoms with Crippen molar-refractivity contribution >= 4 is 17.6 Å². The minimum atomic E-state index is 0.545. The second-order valence-electron chi connectivity index (χ2n) is 7.42. The lowest BCUT2D eigenvalue weighted by molar-refractivity contribution is 0.351. The van der Waals surface area contributed by atoms with E-state index in [0.717, 1.165) is 48.0 Å². The van der Waals surface area contributed by atoms with E-state index in [9.17, 15) is 0 Å². The second kappa shape index (κ2) is 8.44. The Kier molecular flexibility index (Phi) is 5.78. The van der Waals surface area contributed by atoms with Crippen LogP contribution >= 0.6 is 11.9 Å². The van der Waals surface area contributed by atoms with E-state index in [1.165, 1.54) is 43.2 Å². The van der Waals surface area contributed by atoms with E-state index in [1.807, 2.05) is 12.4 Å². The van der Waals surface area contributed by atoms with Gasteiger partial charge in [0.05, 0.1) is 12.0 Å². The number of rotatable bonds is 5. The van der Waals surface area contributed by atoms with Crippen LogP contribution in [-0.4, -0.2) is 47.1 Å². The molecule has 2 aromatic heterocycles. The number of hydrogen-bond acceptors (Lipinski definition) is 7. The van der Waals surface area contributed by atoms with Gasteiger partial charge in [0.15, 0.2) is 0 Å². The minimum Gasteiger partial charge on any atom is -0.479 e. The maximum Gasteiger partial charge on any atom is 0.238 e. The summed E-state index contributed by atoms with van der Waals surface area (Å²) in [6.45, 7) is 2.10. The number of anilines is 1. The molecule has 3 heterocycles. The molecule has 0 saturated heterocycles. The first-order chi connectivity index (χ1) is 13.2. The van der Waals surface area contributed by atoms with Crippen LogP contribution < -0.4 is 9.46 Å². The average Bonchev–Trinajstić information content (AvgIpc) is 3.18. The summed E-state index contributed by atoms with van der Waals surface area (Å²) >= 11 is 1.51. The number of fused-ring (bicyclic) bond motifs is 1. The lowest BCUT2D eigenvalue weighted by Crippen LogP contribution is -2.20. The predicted octanol–water partition coefficient (Wildman–Crippen LogP) is 3.69. The molecule has 0 bridgehead atoms. The molecule has 4 rings (SSSR count). The number of methoxy groups -OCH3 is 1. The summed E-state index contributed by atoms with van der Waals surface area (Å²) in [4.78, 5) is 17.3. The van der Waals surface area contributed by atoms with Gasteiger partial charge in [-0.2, -0.15) is 0 Å². The zero-order chi connectivity index (χ0) is 18.6. The molecule has 6 nitrogen and oxygen atoms in total. The fourth-order valence-corrected chi connectivity index (χ4v) is 4.43. The fourth-order valence-electron chi connectivity index (χ4n) is 3.84. The smallest absolute Gasteiger partial charge is 0.238 e. The van der Waals surface area contributed by atoms with Gasteiger partial charge in [0.2, 0.25) is 5.88 Å². The maximum atomic E-state index is 5.52. The highest BCUT2D eigenvalue weighted by molar-refractivity contribution is 8.00. The summed E-state index contributed by atoms with van der Waals surface area (Å²) < 4.78 is 8.91. The van der Waals surface area contributed by atoms with Crippen molar-refractivity contribution in [1.29, 1.82) is 0 Å². The van der Waals surface area contributed by atoms with Gasteiger partial charge in [-0.15, -0.1) is 0 Å². The molecule has 0 atom stereocenters. The number of nitrogens with zero attached hydrogens (tertiary/aromatic N) is 4. The molecule has 2 aliphatic rings. The molecule has 0 spiro atoms. The second-order valence-corrected chi connectivity index (χ2v) is 8.30. The molecule has 0 radical (unpaired) electrons. The third-order valence-corrected chi connectivity index (χ3v) is 6.26. The predicted molar refractivity (Wildman–Crippen MR) is 108 cm³/mol. The molecule has 0 amide bonds. The number of pyridine rings is 1. The summed E-state index contributed by atoms with van der Waals surface area (Å²) in [5.41, 5.74) is 3.36. The highest BCUT2D eigenvalue weighted by Crippen LogP contribution is 2.33. The Bertz CT molecular complexity index is 777. The van der Waals surface area contributed by atoms with Gasteiger partial charge in [-0.3, -0.25) is 0 Å². The van der Waals surface area contributed by atoms with Crippen molar-refractivity contribution < 1.29 is 4.74 Å². The lowest BCUT2D eigenvalue weighted by Gasteiger charge is -2.14. The quantitative estimate of drug-likeness (QED) is 0.788. The first kappa shape index (κ1) is 18.5. The van der Waals surface area contributed by atoms with Crippen LogP contribution in [0.4, 0.5) is 5.69 Å². The molecule has 144 valence electrons. The number of hydrogen-bond donors (Lipinski definition) is 1. The summed E-state index contributed by atoms with van der Waals surface area (Å²) in [6, 6.07) is 2.18. The van der Waals surface area contributed by atoms with Crippen LogP contribution in [0.2, 0.25) is 0 Å². The molecular formula is C20H27N5OS. The first-order valence-electron chi connectivity index (χ1n) is 9.73. The van der Waals surface area contributed by atoms with Gasteiger partial charge in [-0.25, -0.2) is 15.0 Å². The van der Waals surface area contributed by atoms with Gasteiger partial charge >= 0.3 is 0 Å². The molecule has 1 fully saturated rings. The van der Waals surface area contributed by atoms with Gasteiger partial charge in [-0.05, 0) is 49.9 Å². The summed E-state index contributed by atoms with van der Waals surface area (Å²) in [5.74, 6) is 2.18. The fraction of sp³-hybridized carbons (Fsp3) is 0.550. The van der Waals surface area contributed by atoms with Gasteiger partial charge in [0.25, 0.3) is 0 Å². The van der Waals surface area contributed by atoms with Crippen molar-refractivity contribution in [3.8, 4) is 5.88 Å². The van der Waals surface area contributed by atoms with E-state index < -0.39 is 0 Å². The van der Waals surface area contributed by atoms with E-state index >= 15 is 0 Å². The number of ether oxygens (including phenoxy) is 1. The van der Waals surface area contributed by atoms with Crippen LogP contribution in [-0.2, 0) is 12.8 Å². The molecular weight excluding hydrogens is 358 g/mol. The van der Waals surface area contributed by atoms with Gasteiger partial charge < -0.3 is 14.4 Å². The third kappa shape index (κ3) is 4.35. The number of aromatic nitrogens is 3. The zero-order valence-electron chi connectivity index (χ0n) is 16.1. The Morgan fingerprint density at radius 3 is 2.63 bits per heavy atom. The van der Waals surface area contributed by atoms with E-state index in [4.69, 9.17) is 9.72 Å². The minimum absolute atomic E-state index is 0.545. The standard InChI is InChI=1S/C20H27N5OS/c1-25-9-7-15-11-18(20(26-2)23-17(15)8-10-25)24-27-16-12-21-19(22-13-16)14-5-3-4-6-14/h11-14,24H,3-10H2,1-2H3. The normalized spacial score (nSPS) is 18.1. The molecule has 1 saturated carbocycles. The highest BCUT2D eigenvalue weighted by Gasteiger charge is 2.20. The monoisotopic (exact) mass is 385 g/mol. The highest BCUT2D eigenvalue weighted by atomic mass is 32.2. The van der Waals surface area contributed by atoms with E-state index in [-0.39, 0.29) is 0 Å². The van der Waals surface area contributed by atoms with Gasteiger partial charge in [0.1, 0.15) is 11.5 Å². The topological polar surface area (TPSA) is 63.2 Å². The van der Waals surface area contributed by atoms with Crippen molar-refractivity contribution in [3.63, 3.8) is 0 Å². The summed E-state index contributed by atoms with van der Waals surface area (Å²) in [5, 5.41) is 0. The molecule has 7 heteroatoms. The molecule has 2 aromatic rings. The Morgan fingerprint density at radius 2 is 1.89 bits per heavy atom. The molecule has 0 unspecified atom stereocenters. The van der Waals surface area contributed by atoms with Crippen LogP contribution in [0.25, 0.3) is 0 Å². The molecule has 0 aromatic carbocycles. The third-order valence-electron chi connectivity index (χ3n) is 5.49. The van der Waals surface area contributed by atoms with Crippen LogP contribution in [0.3, 0.4) is 0 Å². The van der Waals surface area contributed by atoms with E-state index in [0.29, 0.717) is 11.8 Å². The van der Waals surface area contributed by atoms with Crippen molar-refractivity contribution in [3.05, 3.63) is 35.5 Å². The van der Waals surface area contributed by atoms with Gasteiger partial charge in [-0.1, -0.05) is 12.8 Å². The Hall–Kier alpha value is -1.86. The Balaban J connectivity index is 1.46. The van der Waals surface area contributed by atoms with Crippen LogP contribution in [0, 0.1) is 0 Å². The lowest BCUT2D eigenvalue weighted by atomic mass is 10.1. The summed E-state index contributed by atoms with van der Waals surface area (Å²) in [6.07, 6.45) is 10.8. The van der Waals surface area contributed by atoms with E-state index in [2.05, 4.69) is 32.7 Å². The van der Waals surface area contributed by atoms with Crippen LogP contribution in [0.15, 0.2) is 23.4 Å². The molecule has 1 aliphatic heterocycles. The molecule has 1 aliphatic carbocycles. The van der Waals surface area contributed by atoms with Crippen LogP contribution in [0.1, 0.15) is 48.7 Å². The zero-order valence-corrected chi connectivity index (χ0v) is 16.9. The van der Waals surface area contributed by atoms with Gasteiger partial charge in [0, 0.05) is 43.5 Å².